The first-order valence-electron chi connectivity index (χ1n) is 7.45. The van der Waals surface area contributed by atoms with E-state index in [4.69, 9.17) is 23.2 Å². The minimum atomic E-state index is -0.401. The minimum absolute atomic E-state index is 0.251. The van der Waals surface area contributed by atoms with Crippen LogP contribution in [0.15, 0.2) is 36.4 Å². The van der Waals surface area contributed by atoms with Crippen molar-refractivity contribution in [1.82, 2.24) is 9.80 Å². The van der Waals surface area contributed by atoms with Crippen LogP contribution in [0.1, 0.15) is 36.6 Å². The number of hydrogen-bond acceptors (Lipinski definition) is 3. The largest absolute Gasteiger partial charge is 0.337 e. The van der Waals surface area contributed by atoms with Crippen LogP contribution < -0.4 is 0 Å². The molecular formula is C18H14Cl2N2O3. The average molecular weight is 377 g/mol. The van der Waals surface area contributed by atoms with E-state index in [1.54, 1.807) is 31.3 Å². The van der Waals surface area contributed by atoms with Crippen molar-refractivity contribution in [3.63, 3.8) is 0 Å². The van der Waals surface area contributed by atoms with Gasteiger partial charge in [-0.2, -0.15) is 0 Å². The van der Waals surface area contributed by atoms with E-state index < -0.39 is 5.91 Å². The maximum Gasteiger partial charge on any atom is 0.261 e. The number of hydrogen-bond donors (Lipinski definition) is 0. The average Bonchev–Trinajstić information content (AvgIpc) is 2.81. The molecule has 0 radical (unpaired) electrons. The van der Waals surface area contributed by atoms with Crippen LogP contribution in [0, 0.1) is 0 Å². The summed E-state index contributed by atoms with van der Waals surface area (Å²) in [4.78, 5) is 39.1. The van der Waals surface area contributed by atoms with Crippen molar-refractivity contribution in [2.24, 2.45) is 0 Å². The Morgan fingerprint density at radius 2 is 1.68 bits per heavy atom. The lowest BCUT2D eigenvalue weighted by Gasteiger charge is -2.18. The monoisotopic (exact) mass is 376 g/mol. The SMILES string of the molecule is CN(Cc1ccc(Cl)c(Cl)c1)C(=O)c1ccc2c(c1)C(=O)N(C)C2=O. The topological polar surface area (TPSA) is 57.7 Å². The molecule has 5 nitrogen and oxygen atoms in total. The van der Waals surface area contributed by atoms with Crippen LogP contribution in [0.3, 0.4) is 0 Å². The summed E-state index contributed by atoms with van der Waals surface area (Å²) in [6, 6.07) is 9.70. The predicted molar refractivity (Wildman–Crippen MR) is 95.1 cm³/mol. The van der Waals surface area contributed by atoms with E-state index in [1.165, 1.54) is 24.1 Å². The molecule has 7 heteroatoms. The second-order valence-electron chi connectivity index (χ2n) is 5.84. The maximum absolute atomic E-state index is 12.6. The van der Waals surface area contributed by atoms with Gasteiger partial charge in [0.25, 0.3) is 17.7 Å². The molecule has 0 fully saturated rings. The summed E-state index contributed by atoms with van der Waals surface area (Å²) in [6.07, 6.45) is 0. The van der Waals surface area contributed by atoms with Crippen molar-refractivity contribution in [3.8, 4) is 0 Å². The predicted octanol–water partition coefficient (Wildman–Crippen LogP) is 3.49. The molecule has 0 saturated carbocycles. The summed E-state index contributed by atoms with van der Waals surface area (Å²) >= 11 is 11.9. The van der Waals surface area contributed by atoms with Crippen molar-refractivity contribution >= 4 is 40.9 Å². The van der Waals surface area contributed by atoms with E-state index in [-0.39, 0.29) is 17.4 Å². The van der Waals surface area contributed by atoms with E-state index in [9.17, 15) is 14.4 Å². The van der Waals surface area contributed by atoms with Crippen LogP contribution in [0.25, 0.3) is 0 Å². The number of halogens is 2. The number of carbonyl (C=O) groups is 3. The van der Waals surface area contributed by atoms with Crippen LogP contribution in [-0.4, -0.2) is 41.6 Å². The Balaban J connectivity index is 1.82. The Morgan fingerprint density at radius 1 is 1.00 bits per heavy atom. The summed E-state index contributed by atoms with van der Waals surface area (Å²) < 4.78 is 0. The van der Waals surface area contributed by atoms with Crippen LogP contribution in [0.2, 0.25) is 10.0 Å². The van der Waals surface area contributed by atoms with Gasteiger partial charge in [-0.05, 0) is 35.9 Å². The molecule has 0 saturated heterocycles. The lowest BCUT2D eigenvalue weighted by molar-refractivity contribution is 0.0692. The molecule has 2 aromatic rings. The van der Waals surface area contributed by atoms with E-state index >= 15 is 0 Å². The second-order valence-corrected chi connectivity index (χ2v) is 6.65. The number of nitrogens with zero attached hydrogens (tertiary/aromatic N) is 2. The zero-order valence-electron chi connectivity index (χ0n) is 13.5. The van der Waals surface area contributed by atoms with Gasteiger partial charge in [-0.3, -0.25) is 19.3 Å². The maximum atomic E-state index is 12.6. The second kappa shape index (κ2) is 6.50. The van der Waals surface area contributed by atoms with Gasteiger partial charge in [0, 0.05) is 26.2 Å². The van der Waals surface area contributed by atoms with Crippen molar-refractivity contribution < 1.29 is 14.4 Å². The molecule has 0 N–H and O–H groups in total. The summed E-state index contributed by atoms with van der Waals surface area (Å²) in [5, 5.41) is 0.870. The Morgan fingerprint density at radius 3 is 2.36 bits per heavy atom. The number of amides is 3. The summed E-state index contributed by atoms with van der Waals surface area (Å²) in [7, 11) is 3.07. The summed E-state index contributed by atoms with van der Waals surface area (Å²) in [6.45, 7) is 0.333. The van der Waals surface area contributed by atoms with Crippen LogP contribution in [0.5, 0.6) is 0 Å². The molecule has 0 aliphatic carbocycles. The van der Waals surface area contributed by atoms with Gasteiger partial charge >= 0.3 is 0 Å². The zero-order chi connectivity index (χ0) is 18.3. The van der Waals surface area contributed by atoms with E-state index in [0.717, 1.165) is 10.5 Å². The molecule has 1 aliphatic heterocycles. The highest BCUT2D eigenvalue weighted by atomic mass is 35.5. The first-order chi connectivity index (χ1) is 11.8. The Labute approximate surface area is 154 Å². The first-order valence-corrected chi connectivity index (χ1v) is 8.21. The molecule has 0 atom stereocenters. The van der Waals surface area contributed by atoms with Gasteiger partial charge in [0.2, 0.25) is 0 Å². The number of carbonyl (C=O) groups excluding carboxylic acids is 3. The number of rotatable bonds is 3. The van der Waals surface area contributed by atoms with Gasteiger partial charge in [-0.25, -0.2) is 0 Å². The smallest absolute Gasteiger partial charge is 0.261 e. The standard InChI is InChI=1S/C18H14Cl2N2O3/c1-21(9-10-3-6-14(19)15(20)7-10)16(23)11-4-5-12-13(8-11)18(25)22(2)17(12)24/h3-8H,9H2,1-2H3. The van der Waals surface area contributed by atoms with Gasteiger partial charge in [0.1, 0.15) is 0 Å². The van der Waals surface area contributed by atoms with Gasteiger partial charge in [-0.1, -0.05) is 29.3 Å². The van der Waals surface area contributed by atoms with Crippen LogP contribution in [-0.2, 0) is 6.54 Å². The number of benzene rings is 2. The lowest BCUT2D eigenvalue weighted by atomic mass is 10.0. The summed E-state index contributed by atoms with van der Waals surface area (Å²) in [5.74, 6) is -1.02. The Bertz CT molecular complexity index is 911. The third-order valence-electron chi connectivity index (χ3n) is 4.09. The molecule has 128 valence electrons. The summed E-state index contributed by atoms with van der Waals surface area (Å²) in [5.41, 5.74) is 1.74. The van der Waals surface area contributed by atoms with Crippen molar-refractivity contribution in [1.29, 1.82) is 0 Å². The molecule has 25 heavy (non-hydrogen) atoms. The highest BCUT2D eigenvalue weighted by Crippen LogP contribution is 2.25. The normalized spacial score (nSPS) is 13.2. The molecule has 0 spiro atoms. The van der Waals surface area contributed by atoms with Crippen LogP contribution >= 0.6 is 23.2 Å². The van der Waals surface area contributed by atoms with Crippen molar-refractivity contribution in [3.05, 3.63) is 68.7 Å². The van der Waals surface area contributed by atoms with Gasteiger partial charge in [0.05, 0.1) is 21.2 Å². The number of fused-ring (bicyclic) bond motifs is 1. The fraction of sp³-hybridized carbons (Fsp3) is 0.167. The highest BCUT2D eigenvalue weighted by molar-refractivity contribution is 6.42. The molecule has 1 heterocycles. The Kier molecular flexibility index (Phi) is 4.54. The third-order valence-corrected chi connectivity index (χ3v) is 4.83. The number of imide groups is 1. The molecule has 2 aromatic carbocycles. The van der Waals surface area contributed by atoms with Gasteiger partial charge in [0.15, 0.2) is 0 Å². The van der Waals surface area contributed by atoms with Crippen molar-refractivity contribution in [2.75, 3.05) is 14.1 Å². The molecule has 0 aromatic heterocycles. The van der Waals surface area contributed by atoms with Gasteiger partial charge < -0.3 is 4.90 Å². The highest BCUT2D eigenvalue weighted by Gasteiger charge is 2.33. The molecule has 3 amide bonds. The zero-order valence-corrected chi connectivity index (χ0v) is 15.1. The fourth-order valence-electron chi connectivity index (χ4n) is 2.70. The lowest BCUT2D eigenvalue weighted by Crippen LogP contribution is -2.26. The van der Waals surface area contributed by atoms with E-state index in [1.807, 2.05) is 0 Å². The van der Waals surface area contributed by atoms with Gasteiger partial charge in [-0.15, -0.1) is 0 Å². The van der Waals surface area contributed by atoms with Crippen LogP contribution in [0.4, 0.5) is 0 Å². The minimum Gasteiger partial charge on any atom is -0.337 e. The quantitative estimate of drug-likeness (QED) is 0.770. The molecule has 1 aliphatic rings. The first kappa shape index (κ1) is 17.5. The Hall–Kier alpha value is -2.37. The van der Waals surface area contributed by atoms with Crippen molar-refractivity contribution in [2.45, 2.75) is 6.54 Å². The molecule has 3 rings (SSSR count). The molecule has 0 unspecified atom stereocenters. The van der Waals surface area contributed by atoms with E-state index in [0.29, 0.717) is 27.7 Å². The fourth-order valence-corrected chi connectivity index (χ4v) is 3.02. The van der Waals surface area contributed by atoms with E-state index in [2.05, 4.69) is 0 Å². The molecular weight excluding hydrogens is 363 g/mol. The third kappa shape index (κ3) is 3.13. The molecule has 0 bridgehead atoms.